The number of carbonyl (C=O) groups is 3. The maximum atomic E-state index is 12.8. The van der Waals surface area contributed by atoms with Crippen LogP contribution < -0.4 is 0 Å². The van der Waals surface area contributed by atoms with Crippen LogP contribution in [-0.2, 0) is 26.2 Å². The van der Waals surface area contributed by atoms with E-state index < -0.39 is 23.7 Å². The molecule has 6 heteroatoms. The highest BCUT2D eigenvalue weighted by Gasteiger charge is 2.47. The minimum absolute atomic E-state index is 0.150. The van der Waals surface area contributed by atoms with E-state index in [4.69, 9.17) is 4.74 Å². The molecule has 6 nitrogen and oxygen atoms in total. The molecule has 1 aliphatic heterocycles. The molecule has 1 aromatic heterocycles. The fraction of sp³-hybridized carbons (Fsp3) is 0.588. The quantitative estimate of drug-likeness (QED) is 0.456. The highest BCUT2D eigenvalue weighted by atomic mass is 16.5. The van der Waals surface area contributed by atoms with E-state index in [2.05, 4.69) is 0 Å². The van der Waals surface area contributed by atoms with Gasteiger partial charge < -0.3 is 9.30 Å². The molecule has 126 valence electrons. The molecule has 0 saturated carbocycles. The largest absolute Gasteiger partial charge is 0.465 e. The number of aromatic nitrogens is 1. The van der Waals surface area contributed by atoms with Crippen molar-refractivity contribution >= 4 is 17.8 Å². The number of imide groups is 1. The summed E-state index contributed by atoms with van der Waals surface area (Å²) >= 11 is 0. The third kappa shape index (κ3) is 3.46. The van der Waals surface area contributed by atoms with Gasteiger partial charge in [-0.25, -0.2) is 0 Å². The van der Waals surface area contributed by atoms with Crippen LogP contribution in [0.15, 0.2) is 18.3 Å². The smallest absolute Gasteiger partial charge is 0.319 e. The van der Waals surface area contributed by atoms with Crippen molar-refractivity contribution < 1.29 is 19.1 Å². The SMILES string of the molecule is CCCCN1C(=O)CC(c2cccn2C)C(C(=O)OCC)C1=O. The first-order valence-corrected chi connectivity index (χ1v) is 8.13. The number of hydrogen-bond acceptors (Lipinski definition) is 4. The van der Waals surface area contributed by atoms with Crippen molar-refractivity contribution in [2.45, 2.75) is 39.0 Å². The first-order valence-electron chi connectivity index (χ1n) is 8.13. The Morgan fingerprint density at radius 1 is 1.35 bits per heavy atom. The second-order valence-corrected chi connectivity index (χ2v) is 5.82. The minimum Gasteiger partial charge on any atom is -0.465 e. The number of amides is 2. The van der Waals surface area contributed by atoms with Crippen LogP contribution in [0.25, 0.3) is 0 Å². The van der Waals surface area contributed by atoms with E-state index >= 15 is 0 Å². The summed E-state index contributed by atoms with van der Waals surface area (Å²) < 4.78 is 6.95. The fourth-order valence-corrected chi connectivity index (χ4v) is 3.06. The summed E-state index contributed by atoms with van der Waals surface area (Å²) in [5, 5.41) is 0. The molecule has 0 aromatic carbocycles. The van der Waals surface area contributed by atoms with Crippen molar-refractivity contribution in [3.05, 3.63) is 24.0 Å². The lowest BCUT2D eigenvalue weighted by molar-refractivity contribution is -0.163. The molecule has 2 amide bonds. The van der Waals surface area contributed by atoms with Crippen LogP contribution in [-0.4, -0.2) is 40.4 Å². The Balaban J connectivity index is 2.34. The van der Waals surface area contributed by atoms with Gasteiger partial charge in [0, 0.05) is 37.8 Å². The van der Waals surface area contributed by atoms with Crippen LogP contribution in [0.1, 0.15) is 44.7 Å². The van der Waals surface area contributed by atoms with Gasteiger partial charge in [0.05, 0.1) is 6.61 Å². The summed E-state index contributed by atoms with van der Waals surface area (Å²) in [5.41, 5.74) is 0.805. The second-order valence-electron chi connectivity index (χ2n) is 5.82. The van der Waals surface area contributed by atoms with E-state index in [0.717, 1.165) is 18.5 Å². The van der Waals surface area contributed by atoms with E-state index in [9.17, 15) is 14.4 Å². The van der Waals surface area contributed by atoms with Gasteiger partial charge in [-0.05, 0) is 25.5 Å². The summed E-state index contributed by atoms with van der Waals surface area (Å²) in [4.78, 5) is 38.8. The number of nitrogens with zero attached hydrogens (tertiary/aromatic N) is 2. The van der Waals surface area contributed by atoms with Crippen LogP contribution >= 0.6 is 0 Å². The molecule has 2 heterocycles. The normalized spacial score (nSPS) is 21.6. The minimum atomic E-state index is -0.946. The van der Waals surface area contributed by atoms with Gasteiger partial charge in [0.2, 0.25) is 11.8 Å². The standard InChI is InChI=1S/C17H24N2O4/c1-4-6-10-19-14(20)11-12(13-8-7-9-18(13)3)15(16(19)21)17(22)23-5-2/h7-9,12,15H,4-6,10-11H2,1-3H3. The van der Waals surface area contributed by atoms with Gasteiger partial charge in [-0.15, -0.1) is 0 Å². The average Bonchev–Trinajstić information content (AvgIpc) is 2.92. The molecule has 2 unspecified atom stereocenters. The molecule has 0 radical (unpaired) electrons. The Kier molecular flexibility index (Phi) is 5.58. The van der Waals surface area contributed by atoms with E-state index in [1.54, 1.807) is 6.92 Å². The maximum absolute atomic E-state index is 12.8. The van der Waals surface area contributed by atoms with Crippen LogP contribution in [0.2, 0.25) is 0 Å². The number of hydrogen-bond donors (Lipinski definition) is 0. The second kappa shape index (κ2) is 7.44. The van der Waals surface area contributed by atoms with Gasteiger partial charge in [-0.1, -0.05) is 13.3 Å². The predicted octanol–water partition coefficient (Wildman–Crippen LogP) is 1.85. The van der Waals surface area contributed by atoms with Crippen LogP contribution in [0.5, 0.6) is 0 Å². The Morgan fingerprint density at radius 3 is 2.65 bits per heavy atom. The molecule has 1 aliphatic rings. The number of likely N-dealkylation sites (tertiary alicyclic amines) is 1. The number of aryl methyl sites for hydroxylation is 1. The zero-order valence-corrected chi connectivity index (χ0v) is 13.9. The molecule has 2 atom stereocenters. The van der Waals surface area contributed by atoms with Gasteiger partial charge in [-0.2, -0.15) is 0 Å². The van der Waals surface area contributed by atoms with E-state index in [0.29, 0.717) is 6.54 Å². The number of piperidine rings is 1. The van der Waals surface area contributed by atoms with Gasteiger partial charge in [0.25, 0.3) is 0 Å². The van der Waals surface area contributed by atoms with Crippen molar-refractivity contribution in [3.63, 3.8) is 0 Å². The fourth-order valence-electron chi connectivity index (χ4n) is 3.06. The zero-order valence-electron chi connectivity index (χ0n) is 13.9. The number of rotatable bonds is 6. The highest BCUT2D eigenvalue weighted by Crippen LogP contribution is 2.35. The van der Waals surface area contributed by atoms with Gasteiger partial charge in [-0.3, -0.25) is 19.3 Å². The number of unbranched alkanes of at least 4 members (excludes halogenated alkanes) is 1. The lowest BCUT2D eigenvalue weighted by Gasteiger charge is -2.35. The predicted molar refractivity (Wildman–Crippen MR) is 84.5 cm³/mol. The monoisotopic (exact) mass is 320 g/mol. The molecule has 1 fully saturated rings. The molecule has 23 heavy (non-hydrogen) atoms. The third-order valence-corrected chi connectivity index (χ3v) is 4.27. The van der Waals surface area contributed by atoms with E-state index in [1.807, 2.05) is 36.9 Å². The summed E-state index contributed by atoms with van der Waals surface area (Å²) in [6, 6.07) is 3.69. The Bertz CT molecular complexity index is 593. The first-order chi connectivity index (χ1) is 11.0. The Labute approximate surface area is 136 Å². The summed E-state index contributed by atoms with van der Waals surface area (Å²) in [5.74, 6) is -2.60. The van der Waals surface area contributed by atoms with Crippen molar-refractivity contribution in [2.75, 3.05) is 13.2 Å². The molecule has 1 aromatic rings. The molecule has 2 rings (SSSR count). The molecule has 0 N–H and O–H groups in total. The van der Waals surface area contributed by atoms with Crippen LogP contribution in [0, 0.1) is 5.92 Å². The molecule has 0 spiro atoms. The highest BCUT2D eigenvalue weighted by molar-refractivity contribution is 6.08. The van der Waals surface area contributed by atoms with Crippen LogP contribution in [0.3, 0.4) is 0 Å². The molecule has 0 bridgehead atoms. The zero-order chi connectivity index (χ0) is 17.0. The van der Waals surface area contributed by atoms with E-state index in [-0.39, 0.29) is 18.9 Å². The van der Waals surface area contributed by atoms with Crippen molar-refractivity contribution in [1.82, 2.24) is 9.47 Å². The third-order valence-electron chi connectivity index (χ3n) is 4.27. The molecule has 1 saturated heterocycles. The number of ether oxygens (including phenoxy) is 1. The van der Waals surface area contributed by atoms with Crippen molar-refractivity contribution in [3.8, 4) is 0 Å². The Morgan fingerprint density at radius 2 is 2.09 bits per heavy atom. The van der Waals surface area contributed by atoms with E-state index in [1.165, 1.54) is 4.90 Å². The lowest BCUT2D eigenvalue weighted by Crippen LogP contribution is -2.51. The summed E-state index contributed by atoms with van der Waals surface area (Å²) in [6.45, 7) is 4.28. The maximum Gasteiger partial charge on any atom is 0.319 e. The van der Waals surface area contributed by atoms with Crippen LogP contribution in [0.4, 0.5) is 0 Å². The summed E-state index contributed by atoms with van der Waals surface area (Å²) in [6.07, 6.45) is 3.61. The molecular formula is C17H24N2O4. The van der Waals surface area contributed by atoms with Crippen molar-refractivity contribution in [2.24, 2.45) is 13.0 Å². The van der Waals surface area contributed by atoms with Gasteiger partial charge in [0.15, 0.2) is 0 Å². The summed E-state index contributed by atoms with van der Waals surface area (Å²) in [7, 11) is 1.84. The lowest BCUT2D eigenvalue weighted by atomic mass is 9.81. The van der Waals surface area contributed by atoms with Gasteiger partial charge >= 0.3 is 5.97 Å². The molecule has 0 aliphatic carbocycles. The topological polar surface area (TPSA) is 68.6 Å². The van der Waals surface area contributed by atoms with Gasteiger partial charge in [0.1, 0.15) is 5.92 Å². The number of esters is 1. The first kappa shape index (κ1) is 17.2. The molecular weight excluding hydrogens is 296 g/mol. The van der Waals surface area contributed by atoms with Crippen molar-refractivity contribution in [1.29, 1.82) is 0 Å². The number of carbonyl (C=O) groups excluding carboxylic acids is 3. The Hall–Kier alpha value is -2.11. The average molecular weight is 320 g/mol.